The maximum Gasteiger partial charge on any atom is 0.168 e. The van der Waals surface area contributed by atoms with Crippen LogP contribution in [0.3, 0.4) is 0 Å². The first-order valence-electron chi connectivity index (χ1n) is 5.11. The van der Waals surface area contributed by atoms with E-state index in [1.165, 1.54) is 0 Å². The van der Waals surface area contributed by atoms with Gasteiger partial charge >= 0.3 is 0 Å². The number of hydrogen-bond donors (Lipinski definition) is 0. The van der Waals surface area contributed by atoms with Crippen molar-refractivity contribution in [3.05, 3.63) is 12.7 Å². The quantitative estimate of drug-likeness (QED) is 0.631. The molecule has 1 saturated heterocycles. The fourth-order valence-electron chi connectivity index (χ4n) is 1.80. The average molecular weight is 198 g/mol. The van der Waals surface area contributed by atoms with E-state index in [1.54, 1.807) is 6.08 Å². The zero-order valence-electron chi connectivity index (χ0n) is 8.75. The second-order valence-corrected chi connectivity index (χ2v) is 3.46. The van der Waals surface area contributed by atoms with Crippen LogP contribution in [0.4, 0.5) is 0 Å². The highest BCUT2D eigenvalue weighted by Gasteiger charge is 2.39. The number of allylic oxidation sites excluding steroid dienone is 1. The Morgan fingerprint density at radius 1 is 1.57 bits per heavy atom. The number of carbonyl (C=O) groups excluding carboxylic acids is 1. The molecule has 1 heterocycles. The van der Waals surface area contributed by atoms with E-state index in [0.29, 0.717) is 39.1 Å². The molecule has 80 valence electrons. The molecule has 0 aromatic heterocycles. The van der Waals surface area contributed by atoms with Crippen molar-refractivity contribution in [1.29, 1.82) is 0 Å². The first-order chi connectivity index (χ1) is 6.75. The Bertz CT molecular complexity index is 199. The van der Waals surface area contributed by atoms with Crippen molar-refractivity contribution in [2.24, 2.45) is 0 Å². The molecule has 1 aliphatic heterocycles. The van der Waals surface area contributed by atoms with Gasteiger partial charge in [0, 0.05) is 39.1 Å². The first-order valence-corrected chi connectivity index (χ1v) is 5.11. The summed E-state index contributed by atoms with van der Waals surface area (Å²) < 4.78 is 10.8. The molecule has 14 heavy (non-hydrogen) atoms. The molecule has 3 heteroatoms. The predicted octanol–water partition coefficient (Wildman–Crippen LogP) is 1.72. The molecule has 0 bridgehead atoms. The van der Waals surface area contributed by atoms with Gasteiger partial charge < -0.3 is 9.47 Å². The minimum atomic E-state index is -0.596. The molecule has 3 nitrogen and oxygen atoms in total. The van der Waals surface area contributed by atoms with Gasteiger partial charge in [0.2, 0.25) is 0 Å². The van der Waals surface area contributed by atoms with Crippen LogP contribution in [0.25, 0.3) is 0 Å². The summed E-state index contributed by atoms with van der Waals surface area (Å²) in [6, 6.07) is 0. The number of Topliss-reactive ketones (excluding diaryl/α,β-unsaturated/α-hetero) is 1. The van der Waals surface area contributed by atoms with Gasteiger partial charge in [0.05, 0.1) is 0 Å². The maximum atomic E-state index is 11.9. The molecule has 0 amide bonds. The highest BCUT2D eigenvalue weighted by Crippen LogP contribution is 2.27. The number of ketones is 1. The minimum Gasteiger partial charge on any atom is -0.381 e. The van der Waals surface area contributed by atoms with Crippen LogP contribution < -0.4 is 0 Å². The Kier molecular flexibility index (Phi) is 4.29. The summed E-state index contributed by atoms with van der Waals surface area (Å²) in [7, 11) is 0. The Morgan fingerprint density at radius 2 is 2.21 bits per heavy atom. The zero-order valence-corrected chi connectivity index (χ0v) is 8.75. The summed E-state index contributed by atoms with van der Waals surface area (Å²) in [6.07, 6.45) is 3.37. The zero-order chi connectivity index (χ0) is 10.4. The highest BCUT2D eigenvalue weighted by molar-refractivity contribution is 5.88. The molecule has 0 spiro atoms. The van der Waals surface area contributed by atoms with Crippen LogP contribution in [0, 0.1) is 0 Å². The van der Waals surface area contributed by atoms with Crippen molar-refractivity contribution in [3.8, 4) is 0 Å². The molecule has 0 aromatic rings. The van der Waals surface area contributed by atoms with E-state index in [-0.39, 0.29) is 5.78 Å². The monoisotopic (exact) mass is 198 g/mol. The third kappa shape index (κ3) is 2.42. The van der Waals surface area contributed by atoms with E-state index >= 15 is 0 Å². The van der Waals surface area contributed by atoms with Gasteiger partial charge in [-0.25, -0.2) is 0 Å². The molecule has 0 unspecified atom stereocenters. The second kappa shape index (κ2) is 5.27. The van der Waals surface area contributed by atoms with Crippen molar-refractivity contribution in [1.82, 2.24) is 0 Å². The van der Waals surface area contributed by atoms with Crippen molar-refractivity contribution in [2.45, 2.75) is 31.8 Å². The second-order valence-electron chi connectivity index (χ2n) is 3.46. The van der Waals surface area contributed by atoms with Gasteiger partial charge in [0.1, 0.15) is 5.60 Å². The van der Waals surface area contributed by atoms with Gasteiger partial charge in [-0.3, -0.25) is 4.79 Å². The lowest BCUT2D eigenvalue weighted by Crippen LogP contribution is -2.46. The fourth-order valence-corrected chi connectivity index (χ4v) is 1.80. The summed E-state index contributed by atoms with van der Waals surface area (Å²) >= 11 is 0. The fraction of sp³-hybridized carbons (Fsp3) is 0.727. The number of hydrogen-bond acceptors (Lipinski definition) is 3. The molecule has 0 N–H and O–H groups in total. The molecule has 0 saturated carbocycles. The minimum absolute atomic E-state index is 0.137. The Morgan fingerprint density at radius 3 is 2.71 bits per heavy atom. The molecular weight excluding hydrogens is 180 g/mol. The van der Waals surface area contributed by atoms with Crippen molar-refractivity contribution >= 4 is 5.78 Å². The van der Waals surface area contributed by atoms with Gasteiger partial charge in [0.25, 0.3) is 0 Å². The predicted molar refractivity (Wildman–Crippen MR) is 54.2 cm³/mol. The van der Waals surface area contributed by atoms with Gasteiger partial charge in [-0.05, 0) is 6.92 Å². The van der Waals surface area contributed by atoms with Crippen molar-refractivity contribution in [3.63, 3.8) is 0 Å². The third-order valence-corrected chi connectivity index (χ3v) is 2.56. The van der Waals surface area contributed by atoms with E-state index in [0.717, 1.165) is 0 Å². The molecule has 0 atom stereocenters. The van der Waals surface area contributed by atoms with Gasteiger partial charge in [-0.2, -0.15) is 0 Å². The van der Waals surface area contributed by atoms with Gasteiger partial charge in [-0.15, -0.1) is 6.58 Å². The summed E-state index contributed by atoms with van der Waals surface area (Å²) in [5.74, 6) is 0.137. The Labute approximate surface area is 85.1 Å². The van der Waals surface area contributed by atoms with Crippen LogP contribution in [0.2, 0.25) is 0 Å². The van der Waals surface area contributed by atoms with Crippen LogP contribution in [0.1, 0.15) is 26.2 Å². The molecule has 1 rings (SSSR count). The van der Waals surface area contributed by atoms with E-state index in [2.05, 4.69) is 6.58 Å². The Balaban J connectivity index is 2.68. The lowest BCUT2D eigenvalue weighted by atomic mass is 9.87. The highest BCUT2D eigenvalue weighted by atomic mass is 16.5. The molecule has 0 aromatic carbocycles. The van der Waals surface area contributed by atoms with Crippen LogP contribution in [-0.2, 0) is 14.3 Å². The van der Waals surface area contributed by atoms with Crippen LogP contribution >= 0.6 is 0 Å². The first kappa shape index (κ1) is 11.4. The third-order valence-electron chi connectivity index (χ3n) is 2.56. The van der Waals surface area contributed by atoms with E-state index < -0.39 is 5.60 Å². The number of carbonyl (C=O) groups is 1. The topological polar surface area (TPSA) is 35.5 Å². The molecule has 0 radical (unpaired) electrons. The van der Waals surface area contributed by atoms with Crippen LogP contribution in [-0.4, -0.2) is 31.2 Å². The lowest BCUT2D eigenvalue weighted by molar-refractivity contribution is -0.156. The van der Waals surface area contributed by atoms with Gasteiger partial charge in [-0.1, -0.05) is 6.08 Å². The maximum absolute atomic E-state index is 11.9. The van der Waals surface area contributed by atoms with E-state index in [4.69, 9.17) is 9.47 Å². The number of ether oxygens (including phenoxy) is 2. The van der Waals surface area contributed by atoms with Crippen molar-refractivity contribution in [2.75, 3.05) is 19.8 Å². The molecule has 0 aliphatic carbocycles. The number of rotatable bonds is 5. The van der Waals surface area contributed by atoms with Gasteiger partial charge in [0.15, 0.2) is 5.78 Å². The SMILES string of the molecule is C=CCC(=O)C1(OCC)CCOCC1. The smallest absolute Gasteiger partial charge is 0.168 e. The average Bonchev–Trinajstić information content (AvgIpc) is 2.20. The molecule has 1 aliphatic rings. The summed E-state index contributed by atoms with van der Waals surface area (Å²) in [5.41, 5.74) is -0.596. The molecule has 1 fully saturated rings. The summed E-state index contributed by atoms with van der Waals surface area (Å²) in [4.78, 5) is 11.9. The van der Waals surface area contributed by atoms with E-state index in [9.17, 15) is 4.79 Å². The Hall–Kier alpha value is -0.670. The summed E-state index contributed by atoms with van der Waals surface area (Å²) in [5, 5.41) is 0. The largest absolute Gasteiger partial charge is 0.381 e. The molecular formula is C11H18O3. The van der Waals surface area contributed by atoms with Crippen molar-refractivity contribution < 1.29 is 14.3 Å². The lowest BCUT2D eigenvalue weighted by Gasteiger charge is -2.35. The standard InChI is InChI=1S/C11H18O3/c1-3-5-10(12)11(14-4-2)6-8-13-9-7-11/h3H,1,4-9H2,2H3. The normalized spacial score (nSPS) is 20.4. The summed E-state index contributed by atoms with van der Waals surface area (Å²) in [6.45, 7) is 7.29. The van der Waals surface area contributed by atoms with E-state index in [1.807, 2.05) is 6.92 Å². The van der Waals surface area contributed by atoms with Crippen LogP contribution in [0.15, 0.2) is 12.7 Å². The van der Waals surface area contributed by atoms with Crippen LogP contribution in [0.5, 0.6) is 0 Å².